The summed E-state index contributed by atoms with van der Waals surface area (Å²) in [5.41, 5.74) is -0.508. The molecule has 2 aliphatic rings. The second-order valence-corrected chi connectivity index (χ2v) is 4.69. The lowest BCUT2D eigenvalue weighted by atomic mass is 9.80. The molecular formula is C11H22IN3O. The Morgan fingerprint density at radius 2 is 2.12 bits per heavy atom. The van der Waals surface area contributed by atoms with E-state index in [0.717, 1.165) is 31.8 Å². The monoisotopic (exact) mass is 339 g/mol. The lowest BCUT2D eigenvalue weighted by molar-refractivity contribution is -0.0236. The summed E-state index contributed by atoms with van der Waals surface area (Å²) in [5.74, 6) is 0.861. The number of guanidine groups is 1. The Labute approximate surface area is 114 Å². The van der Waals surface area contributed by atoms with E-state index in [4.69, 9.17) is 0 Å². The molecule has 0 aromatic heterocycles. The molecule has 2 rings (SSSR count). The lowest BCUT2D eigenvalue weighted by Crippen LogP contribution is -2.43. The maximum Gasteiger partial charge on any atom is 0.191 e. The van der Waals surface area contributed by atoms with Crippen molar-refractivity contribution in [2.24, 2.45) is 4.99 Å². The van der Waals surface area contributed by atoms with Crippen LogP contribution in [0, 0.1) is 0 Å². The molecule has 0 aromatic rings. The molecule has 0 heterocycles. The minimum Gasteiger partial charge on any atom is -0.388 e. The Bertz CT molecular complexity index is 250. The quantitative estimate of drug-likeness (QED) is 0.410. The van der Waals surface area contributed by atoms with E-state index in [0.29, 0.717) is 12.6 Å². The Balaban J connectivity index is 0.00000128. The Kier molecular flexibility index (Phi) is 5.30. The number of nitrogens with one attached hydrogen (secondary N) is 2. The topological polar surface area (TPSA) is 56.7 Å². The third-order valence-corrected chi connectivity index (χ3v) is 3.08. The summed E-state index contributed by atoms with van der Waals surface area (Å²) < 4.78 is 0. The highest BCUT2D eigenvalue weighted by Crippen LogP contribution is 2.31. The van der Waals surface area contributed by atoms with E-state index in [2.05, 4.69) is 22.5 Å². The highest BCUT2D eigenvalue weighted by molar-refractivity contribution is 14.0. The van der Waals surface area contributed by atoms with Crippen molar-refractivity contribution in [3.63, 3.8) is 0 Å². The number of nitrogens with zero attached hydrogens (tertiary/aromatic N) is 1. The lowest BCUT2D eigenvalue weighted by Gasteiger charge is -2.35. The molecular weight excluding hydrogens is 317 g/mol. The maximum absolute atomic E-state index is 9.91. The number of hydrogen-bond donors (Lipinski definition) is 3. The van der Waals surface area contributed by atoms with Gasteiger partial charge < -0.3 is 15.7 Å². The van der Waals surface area contributed by atoms with Gasteiger partial charge in [-0.25, -0.2) is 0 Å². The van der Waals surface area contributed by atoms with Crippen molar-refractivity contribution < 1.29 is 5.11 Å². The average Bonchev–Trinajstić information content (AvgIpc) is 2.95. The first-order chi connectivity index (χ1) is 7.22. The minimum absolute atomic E-state index is 0. The van der Waals surface area contributed by atoms with Crippen molar-refractivity contribution in [3.8, 4) is 0 Å². The summed E-state index contributed by atoms with van der Waals surface area (Å²) in [7, 11) is 0. The van der Waals surface area contributed by atoms with Crippen LogP contribution in [0.4, 0.5) is 0 Å². The first-order valence-corrected chi connectivity index (χ1v) is 5.99. The second kappa shape index (κ2) is 6.05. The van der Waals surface area contributed by atoms with Gasteiger partial charge in [-0.1, -0.05) is 0 Å². The molecule has 0 bridgehead atoms. The van der Waals surface area contributed by atoms with Crippen LogP contribution in [0.2, 0.25) is 0 Å². The van der Waals surface area contributed by atoms with Gasteiger partial charge in [-0.05, 0) is 39.0 Å². The Hall–Kier alpha value is -0.0400. The van der Waals surface area contributed by atoms with Crippen LogP contribution in [-0.2, 0) is 0 Å². The molecule has 0 aliphatic heterocycles. The Morgan fingerprint density at radius 3 is 2.56 bits per heavy atom. The molecule has 94 valence electrons. The van der Waals surface area contributed by atoms with Gasteiger partial charge in [0.05, 0.1) is 12.1 Å². The predicted octanol–water partition coefficient (Wildman–Crippen LogP) is 1.24. The molecule has 0 radical (unpaired) electrons. The summed E-state index contributed by atoms with van der Waals surface area (Å²) in [6, 6.07) is 0.610. The van der Waals surface area contributed by atoms with Crippen molar-refractivity contribution in [3.05, 3.63) is 0 Å². The van der Waals surface area contributed by atoms with Gasteiger partial charge in [-0.2, -0.15) is 0 Å². The SMILES string of the molecule is CCNC(=NCC1(O)CCC1)NC1CC1.I. The van der Waals surface area contributed by atoms with Gasteiger partial charge in [0, 0.05) is 12.6 Å². The van der Waals surface area contributed by atoms with E-state index >= 15 is 0 Å². The predicted molar refractivity (Wildman–Crippen MR) is 76.4 cm³/mol. The molecule has 2 aliphatic carbocycles. The van der Waals surface area contributed by atoms with Gasteiger partial charge in [0.1, 0.15) is 0 Å². The third-order valence-electron chi connectivity index (χ3n) is 3.08. The molecule has 2 saturated carbocycles. The first-order valence-electron chi connectivity index (χ1n) is 5.99. The van der Waals surface area contributed by atoms with Gasteiger partial charge in [-0.15, -0.1) is 24.0 Å². The van der Waals surface area contributed by atoms with Crippen LogP contribution in [0.15, 0.2) is 4.99 Å². The largest absolute Gasteiger partial charge is 0.388 e. The fraction of sp³-hybridized carbons (Fsp3) is 0.909. The van der Waals surface area contributed by atoms with Crippen LogP contribution in [0.5, 0.6) is 0 Å². The minimum atomic E-state index is -0.508. The Morgan fingerprint density at radius 1 is 1.44 bits per heavy atom. The molecule has 0 amide bonds. The van der Waals surface area contributed by atoms with E-state index in [9.17, 15) is 5.11 Å². The van der Waals surface area contributed by atoms with E-state index in [1.807, 2.05) is 0 Å². The first kappa shape index (κ1) is 14.0. The van der Waals surface area contributed by atoms with Gasteiger partial charge in [0.25, 0.3) is 0 Å². The molecule has 0 aromatic carbocycles. The summed E-state index contributed by atoms with van der Waals surface area (Å²) >= 11 is 0. The zero-order valence-electron chi connectivity index (χ0n) is 9.83. The van der Waals surface area contributed by atoms with Crippen molar-refractivity contribution >= 4 is 29.9 Å². The molecule has 16 heavy (non-hydrogen) atoms. The van der Waals surface area contributed by atoms with E-state index in [-0.39, 0.29) is 24.0 Å². The van der Waals surface area contributed by atoms with E-state index in [1.165, 1.54) is 12.8 Å². The van der Waals surface area contributed by atoms with Crippen LogP contribution in [-0.4, -0.2) is 35.8 Å². The van der Waals surface area contributed by atoms with Gasteiger partial charge >= 0.3 is 0 Å². The zero-order valence-corrected chi connectivity index (χ0v) is 12.2. The molecule has 5 heteroatoms. The van der Waals surface area contributed by atoms with Crippen molar-refractivity contribution in [1.82, 2.24) is 10.6 Å². The number of hydrogen-bond acceptors (Lipinski definition) is 2. The standard InChI is InChI=1S/C11H21N3O.HI/c1-2-12-10(14-9-4-5-9)13-8-11(15)6-3-7-11;/h9,15H,2-8H2,1H3,(H2,12,13,14);1H. The van der Waals surface area contributed by atoms with Crippen molar-refractivity contribution in [1.29, 1.82) is 0 Å². The molecule has 3 N–H and O–H groups in total. The van der Waals surface area contributed by atoms with Gasteiger partial charge in [0.15, 0.2) is 5.96 Å². The molecule has 0 atom stereocenters. The van der Waals surface area contributed by atoms with Crippen LogP contribution < -0.4 is 10.6 Å². The number of aliphatic hydroxyl groups is 1. The summed E-state index contributed by atoms with van der Waals surface area (Å²) in [5, 5.41) is 16.5. The molecule has 4 nitrogen and oxygen atoms in total. The van der Waals surface area contributed by atoms with Crippen LogP contribution in [0.1, 0.15) is 39.0 Å². The molecule has 0 spiro atoms. The highest BCUT2D eigenvalue weighted by atomic mass is 127. The molecule has 0 unspecified atom stereocenters. The average molecular weight is 339 g/mol. The summed E-state index contributed by atoms with van der Waals surface area (Å²) in [4.78, 5) is 4.43. The fourth-order valence-corrected chi connectivity index (χ4v) is 1.71. The highest BCUT2D eigenvalue weighted by Gasteiger charge is 2.34. The second-order valence-electron chi connectivity index (χ2n) is 4.69. The van der Waals surface area contributed by atoms with E-state index in [1.54, 1.807) is 0 Å². The fourth-order valence-electron chi connectivity index (χ4n) is 1.71. The van der Waals surface area contributed by atoms with E-state index < -0.39 is 5.60 Å². The third kappa shape index (κ3) is 4.08. The summed E-state index contributed by atoms with van der Waals surface area (Å²) in [6.45, 7) is 3.47. The number of aliphatic imine (C=N–C) groups is 1. The van der Waals surface area contributed by atoms with Crippen LogP contribution in [0.25, 0.3) is 0 Å². The number of halogens is 1. The normalized spacial score (nSPS) is 23.0. The van der Waals surface area contributed by atoms with Crippen molar-refractivity contribution in [2.45, 2.75) is 50.7 Å². The van der Waals surface area contributed by atoms with Gasteiger partial charge in [-0.3, -0.25) is 4.99 Å². The van der Waals surface area contributed by atoms with Crippen LogP contribution >= 0.6 is 24.0 Å². The van der Waals surface area contributed by atoms with Gasteiger partial charge in [0.2, 0.25) is 0 Å². The zero-order chi connectivity index (χ0) is 10.7. The van der Waals surface area contributed by atoms with Crippen molar-refractivity contribution in [2.75, 3.05) is 13.1 Å². The molecule has 2 fully saturated rings. The van der Waals surface area contributed by atoms with Crippen LogP contribution in [0.3, 0.4) is 0 Å². The smallest absolute Gasteiger partial charge is 0.191 e. The molecule has 0 saturated heterocycles. The maximum atomic E-state index is 9.91. The summed E-state index contributed by atoms with van der Waals surface area (Å²) in [6.07, 6.45) is 5.43. The number of rotatable bonds is 4.